The molecule has 0 aliphatic heterocycles. The van der Waals surface area contributed by atoms with Crippen LogP contribution in [0.3, 0.4) is 0 Å². The van der Waals surface area contributed by atoms with Gasteiger partial charge in [-0.05, 0) is 29.9 Å². The Balaban J connectivity index is 2.32. The second kappa shape index (κ2) is 13.6. The standard InChI is InChI=1S/C26H37N5O7/c1-13(2)9-19(29-23(34)17(27)11-21(32)33)24(35)30-20(25(36)31-22(14(3)4)26(37)38)10-15-12-28-18-8-6-5-7-16(15)18/h5-8,12-14,17,19-20,22,28H,9-11,27H2,1-4H3,(H,29,34)(H,30,35)(H,31,36)(H,32,33)(H,37,38). The van der Waals surface area contributed by atoms with E-state index in [4.69, 9.17) is 10.8 Å². The maximum absolute atomic E-state index is 13.3. The number of nitrogens with two attached hydrogens (primary N) is 1. The second-order valence-corrected chi connectivity index (χ2v) is 10.1. The molecule has 208 valence electrons. The number of carbonyl (C=O) groups is 5. The van der Waals surface area contributed by atoms with Crippen molar-refractivity contribution in [2.45, 2.75) is 71.1 Å². The van der Waals surface area contributed by atoms with Crippen LogP contribution in [0.2, 0.25) is 0 Å². The number of H-pyrrole nitrogens is 1. The van der Waals surface area contributed by atoms with Gasteiger partial charge in [-0.1, -0.05) is 45.9 Å². The van der Waals surface area contributed by atoms with Crippen molar-refractivity contribution in [1.82, 2.24) is 20.9 Å². The van der Waals surface area contributed by atoms with Gasteiger partial charge in [0.1, 0.15) is 18.1 Å². The maximum Gasteiger partial charge on any atom is 0.326 e. The Bertz CT molecular complexity index is 1160. The van der Waals surface area contributed by atoms with Crippen LogP contribution in [0.4, 0.5) is 0 Å². The first-order valence-electron chi connectivity index (χ1n) is 12.5. The SMILES string of the molecule is CC(C)CC(NC(=O)C(N)CC(=O)O)C(=O)NC(Cc1c[nH]c2ccccc12)C(=O)NC(C(=O)O)C(C)C. The molecule has 38 heavy (non-hydrogen) atoms. The summed E-state index contributed by atoms with van der Waals surface area (Å²) >= 11 is 0. The molecule has 1 aromatic carbocycles. The highest BCUT2D eigenvalue weighted by atomic mass is 16.4. The highest BCUT2D eigenvalue weighted by molar-refractivity contribution is 5.95. The largest absolute Gasteiger partial charge is 0.481 e. The number of para-hydroxylation sites is 1. The van der Waals surface area contributed by atoms with Gasteiger partial charge >= 0.3 is 11.9 Å². The maximum atomic E-state index is 13.3. The van der Waals surface area contributed by atoms with Crippen LogP contribution in [0.1, 0.15) is 46.1 Å². The fourth-order valence-corrected chi connectivity index (χ4v) is 4.03. The summed E-state index contributed by atoms with van der Waals surface area (Å²) in [6, 6.07) is 2.61. The van der Waals surface area contributed by atoms with Crippen molar-refractivity contribution in [3.05, 3.63) is 36.0 Å². The van der Waals surface area contributed by atoms with Crippen molar-refractivity contribution in [2.75, 3.05) is 0 Å². The number of benzene rings is 1. The van der Waals surface area contributed by atoms with Crippen molar-refractivity contribution in [3.8, 4) is 0 Å². The minimum Gasteiger partial charge on any atom is -0.481 e. The van der Waals surface area contributed by atoms with Crippen LogP contribution >= 0.6 is 0 Å². The first-order chi connectivity index (χ1) is 17.8. The molecule has 2 rings (SSSR count). The first-order valence-corrected chi connectivity index (χ1v) is 12.5. The average Bonchev–Trinajstić information content (AvgIpc) is 3.23. The van der Waals surface area contributed by atoms with Crippen molar-refractivity contribution in [1.29, 1.82) is 0 Å². The number of carbonyl (C=O) groups excluding carboxylic acids is 3. The van der Waals surface area contributed by atoms with E-state index in [1.807, 2.05) is 38.1 Å². The van der Waals surface area contributed by atoms with Crippen LogP contribution in [0.15, 0.2) is 30.5 Å². The molecule has 0 bridgehead atoms. The number of aliphatic carboxylic acids is 2. The molecule has 12 heteroatoms. The Kier molecular flexibility index (Phi) is 10.8. The number of nitrogens with one attached hydrogen (secondary N) is 4. The first kappa shape index (κ1) is 30.3. The number of amides is 3. The predicted octanol–water partition coefficient (Wildman–Crippen LogP) is 0.754. The lowest BCUT2D eigenvalue weighted by Gasteiger charge is -2.26. The number of carboxylic acid groups (broad SMARTS) is 2. The normalized spacial score (nSPS) is 14.5. The van der Waals surface area contributed by atoms with Crippen molar-refractivity contribution in [2.24, 2.45) is 17.6 Å². The van der Waals surface area contributed by atoms with Gasteiger partial charge < -0.3 is 36.9 Å². The van der Waals surface area contributed by atoms with Crippen LogP contribution in [-0.2, 0) is 30.4 Å². The number of fused-ring (bicyclic) bond motifs is 1. The predicted molar refractivity (Wildman–Crippen MR) is 140 cm³/mol. The monoisotopic (exact) mass is 531 g/mol. The van der Waals surface area contributed by atoms with E-state index < -0.39 is 66.2 Å². The van der Waals surface area contributed by atoms with Crippen molar-refractivity contribution < 1.29 is 34.2 Å². The molecule has 8 N–H and O–H groups in total. The van der Waals surface area contributed by atoms with E-state index in [0.717, 1.165) is 16.5 Å². The molecule has 12 nitrogen and oxygen atoms in total. The minimum atomic E-state index is -1.36. The highest BCUT2D eigenvalue weighted by Crippen LogP contribution is 2.19. The molecule has 0 aliphatic rings. The summed E-state index contributed by atoms with van der Waals surface area (Å²) in [5, 5.41) is 27.0. The molecule has 0 radical (unpaired) electrons. The Hall–Kier alpha value is -3.93. The molecule has 1 heterocycles. The van der Waals surface area contributed by atoms with Gasteiger partial charge in [0, 0.05) is 23.5 Å². The molecule has 0 fully saturated rings. The lowest BCUT2D eigenvalue weighted by Crippen LogP contribution is -2.58. The van der Waals surface area contributed by atoms with E-state index >= 15 is 0 Å². The van der Waals surface area contributed by atoms with Gasteiger partial charge in [-0.25, -0.2) is 4.79 Å². The van der Waals surface area contributed by atoms with Gasteiger partial charge in [-0.2, -0.15) is 0 Å². The molecular formula is C26H37N5O7. The van der Waals surface area contributed by atoms with Gasteiger partial charge in [-0.3, -0.25) is 19.2 Å². The molecule has 4 atom stereocenters. The van der Waals surface area contributed by atoms with E-state index in [-0.39, 0.29) is 18.8 Å². The van der Waals surface area contributed by atoms with Crippen molar-refractivity contribution in [3.63, 3.8) is 0 Å². The number of aromatic amines is 1. The zero-order valence-corrected chi connectivity index (χ0v) is 22.0. The Morgan fingerprint density at radius 2 is 1.50 bits per heavy atom. The van der Waals surface area contributed by atoms with E-state index in [2.05, 4.69) is 20.9 Å². The van der Waals surface area contributed by atoms with Crippen LogP contribution < -0.4 is 21.7 Å². The van der Waals surface area contributed by atoms with E-state index in [1.165, 1.54) is 0 Å². The van der Waals surface area contributed by atoms with E-state index in [1.54, 1.807) is 20.0 Å². The van der Waals surface area contributed by atoms with Crippen LogP contribution in [0.5, 0.6) is 0 Å². The van der Waals surface area contributed by atoms with Crippen LogP contribution in [-0.4, -0.2) is 69.0 Å². The van der Waals surface area contributed by atoms with E-state index in [0.29, 0.717) is 0 Å². The quantitative estimate of drug-likeness (QED) is 0.185. The number of carboxylic acids is 2. The lowest BCUT2D eigenvalue weighted by molar-refractivity contribution is -0.143. The number of rotatable bonds is 14. The minimum absolute atomic E-state index is 0.0417. The molecule has 0 aliphatic carbocycles. The zero-order valence-electron chi connectivity index (χ0n) is 22.0. The summed E-state index contributed by atoms with van der Waals surface area (Å²) < 4.78 is 0. The molecule has 3 amide bonds. The Morgan fingerprint density at radius 3 is 2.08 bits per heavy atom. The Morgan fingerprint density at radius 1 is 0.895 bits per heavy atom. The topological polar surface area (TPSA) is 204 Å². The van der Waals surface area contributed by atoms with Gasteiger partial charge in [0.05, 0.1) is 12.5 Å². The molecule has 1 aromatic heterocycles. The summed E-state index contributed by atoms with van der Waals surface area (Å²) in [7, 11) is 0. The van der Waals surface area contributed by atoms with Gasteiger partial charge in [-0.15, -0.1) is 0 Å². The number of hydrogen-bond donors (Lipinski definition) is 7. The van der Waals surface area contributed by atoms with E-state index in [9.17, 15) is 29.1 Å². The average molecular weight is 532 g/mol. The van der Waals surface area contributed by atoms with Crippen LogP contribution in [0, 0.1) is 11.8 Å². The molecule has 0 saturated heterocycles. The third kappa shape index (κ3) is 8.58. The molecule has 4 unspecified atom stereocenters. The Labute approximate surface area is 220 Å². The molecular weight excluding hydrogens is 494 g/mol. The number of aromatic nitrogens is 1. The van der Waals surface area contributed by atoms with Crippen molar-refractivity contribution >= 4 is 40.6 Å². The van der Waals surface area contributed by atoms with Crippen LogP contribution in [0.25, 0.3) is 10.9 Å². The highest BCUT2D eigenvalue weighted by Gasteiger charge is 2.32. The smallest absolute Gasteiger partial charge is 0.326 e. The molecule has 0 spiro atoms. The third-order valence-electron chi connectivity index (χ3n) is 6.03. The summed E-state index contributed by atoms with van der Waals surface area (Å²) in [5.41, 5.74) is 7.21. The summed E-state index contributed by atoms with van der Waals surface area (Å²) in [4.78, 5) is 64.8. The zero-order chi connectivity index (χ0) is 28.6. The lowest BCUT2D eigenvalue weighted by atomic mass is 9.99. The molecule has 0 saturated carbocycles. The van der Waals surface area contributed by atoms with Gasteiger partial charge in [0.2, 0.25) is 17.7 Å². The summed E-state index contributed by atoms with van der Waals surface area (Å²) in [6.45, 7) is 6.97. The third-order valence-corrected chi connectivity index (χ3v) is 6.03. The summed E-state index contributed by atoms with van der Waals surface area (Å²) in [5.74, 6) is -5.09. The fraction of sp³-hybridized carbons (Fsp3) is 0.500. The number of hydrogen-bond acceptors (Lipinski definition) is 6. The molecule has 2 aromatic rings. The second-order valence-electron chi connectivity index (χ2n) is 10.1. The summed E-state index contributed by atoms with van der Waals surface area (Å²) in [6.07, 6.45) is 1.35. The fourth-order valence-electron chi connectivity index (χ4n) is 4.03. The van der Waals surface area contributed by atoms with Gasteiger partial charge in [0.15, 0.2) is 0 Å². The van der Waals surface area contributed by atoms with Gasteiger partial charge in [0.25, 0.3) is 0 Å².